The zero-order chi connectivity index (χ0) is 13.1. The van der Waals surface area contributed by atoms with Gasteiger partial charge in [0.05, 0.1) is 11.0 Å². The molecule has 2 aromatic rings. The number of nitro benzene ring substituents is 1. The summed E-state index contributed by atoms with van der Waals surface area (Å²) in [4.78, 5) is 9.81. The predicted octanol–water partition coefficient (Wildman–Crippen LogP) is 4.13. The molecule has 6 heteroatoms. The van der Waals surface area contributed by atoms with Crippen LogP contribution in [0.3, 0.4) is 0 Å². The van der Waals surface area contributed by atoms with Crippen molar-refractivity contribution in [2.75, 3.05) is 0 Å². The standard InChI is InChI=1S/C12H7FINO3/c13-11-7-9(15(16)17)4-5-12(11)18-10-3-1-2-8(14)6-10/h1-7H. The number of hydrogen-bond donors (Lipinski definition) is 0. The van der Waals surface area contributed by atoms with Crippen LogP contribution in [0.2, 0.25) is 0 Å². The molecule has 0 atom stereocenters. The van der Waals surface area contributed by atoms with E-state index in [2.05, 4.69) is 22.6 Å². The van der Waals surface area contributed by atoms with Crippen LogP contribution in [0.5, 0.6) is 11.5 Å². The maximum Gasteiger partial charge on any atom is 0.272 e. The van der Waals surface area contributed by atoms with E-state index in [1.165, 1.54) is 12.1 Å². The minimum absolute atomic E-state index is 0.0393. The molecule has 0 N–H and O–H groups in total. The largest absolute Gasteiger partial charge is 0.454 e. The summed E-state index contributed by atoms with van der Waals surface area (Å²) in [5.41, 5.74) is -0.303. The van der Waals surface area contributed by atoms with Crippen molar-refractivity contribution in [2.24, 2.45) is 0 Å². The van der Waals surface area contributed by atoms with Crippen LogP contribution < -0.4 is 4.74 Å². The van der Waals surface area contributed by atoms with Crippen molar-refractivity contribution in [3.8, 4) is 11.5 Å². The van der Waals surface area contributed by atoms with Crippen LogP contribution in [0, 0.1) is 19.5 Å². The minimum atomic E-state index is -0.761. The Balaban J connectivity index is 2.27. The van der Waals surface area contributed by atoms with Gasteiger partial charge in [-0.2, -0.15) is 0 Å². The normalized spacial score (nSPS) is 10.1. The highest BCUT2D eigenvalue weighted by Gasteiger charge is 2.12. The van der Waals surface area contributed by atoms with Gasteiger partial charge in [0, 0.05) is 9.64 Å². The predicted molar refractivity (Wildman–Crippen MR) is 72.3 cm³/mol. The van der Waals surface area contributed by atoms with Gasteiger partial charge < -0.3 is 4.74 Å². The van der Waals surface area contributed by atoms with Crippen LogP contribution in [0.4, 0.5) is 10.1 Å². The second-order valence-electron chi connectivity index (χ2n) is 3.43. The van der Waals surface area contributed by atoms with Crippen LogP contribution in [0.15, 0.2) is 42.5 Å². The molecule has 0 spiro atoms. The average molecular weight is 359 g/mol. The maximum absolute atomic E-state index is 13.6. The highest BCUT2D eigenvalue weighted by Crippen LogP contribution is 2.28. The average Bonchev–Trinajstić information content (AvgIpc) is 2.31. The molecular formula is C12H7FINO3. The zero-order valence-electron chi connectivity index (χ0n) is 8.97. The van der Waals surface area contributed by atoms with Crippen LogP contribution in [-0.2, 0) is 0 Å². The van der Waals surface area contributed by atoms with Crippen molar-refractivity contribution in [2.45, 2.75) is 0 Å². The molecular weight excluding hydrogens is 352 g/mol. The summed E-state index contributed by atoms with van der Waals surface area (Å²) in [6, 6.07) is 10.4. The molecule has 0 aliphatic heterocycles. The first-order valence-corrected chi connectivity index (χ1v) is 6.01. The Hall–Kier alpha value is -1.70. The van der Waals surface area contributed by atoms with Crippen molar-refractivity contribution < 1.29 is 14.1 Å². The number of rotatable bonds is 3. The molecule has 2 rings (SSSR count). The van der Waals surface area contributed by atoms with Crippen LogP contribution in [0.25, 0.3) is 0 Å². The molecule has 0 aliphatic rings. The molecule has 0 radical (unpaired) electrons. The van der Waals surface area contributed by atoms with E-state index in [9.17, 15) is 14.5 Å². The van der Waals surface area contributed by atoms with Crippen molar-refractivity contribution in [3.63, 3.8) is 0 Å². The van der Waals surface area contributed by atoms with Gasteiger partial charge in [0.15, 0.2) is 11.6 Å². The molecule has 2 aromatic carbocycles. The number of benzene rings is 2. The third kappa shape index (κ3) is 2.95. The Morgan fingerprint density at radius 1 is 1.22 bits per heavy atom. The van der Waals surface area contributed by atoms with Crippen molar-refractivity contribution in [1.82, 2.24) is 0 Å². The quantitative estimate of drug-likeness (QED) is 0.470. The summed E-state index contributed by atoms with van der Waals surface area (Å²) in [6.45, 7) is 0. The summed E-state index contributed by atoms with van der Waals surface area (Å²) in [5, 5.41) is 10.5. The van der Waals surface area contributed by atoms with Gasteiger partial charge in [-0.05, 0) is 46.9 Å². The van der Waals surface area contributed by atoms with E-state index in [-0.39, 0.29) is 11.4 Å². The summed E-state index contributed by atoms with van der Waals surface area (Å²) in [7, 11) is 0. The summed E-state index contributed by atoms with van der Waals surface area (Å²) in [6.07, 6.45) is 0. The fourth-order valence-corrected chi connectivity index (χ4v) is 1.86. The Bertz CT molecular complexity index is 604. The highest BCUT2D eigenvalue weighted by molar-refractivity contribution is 14.1. The number of ether oxygens (including phenoxy) is 1. The topological polar surface area (TPSA) is 52.4 Å². The highest BCUT2D eigenvalue weighted by atomic mass is 127. The molecule has 0 unspecified atom stereocenters. The van der Waals surface area contributed by atoms with E-state index in [1.54, 1.807) is 18.2 Å². The number of hydrogen-bond acceptors (Lipinski definition) is 3. The molecule has 4 nitrogen and oxygen atoms in total. The monoisotopic (exact) mass is 359 g/mol. The van der Waals surface area contributed by atoms with Gasteiger partial charge in [-0.25, -0.2) is 4.39 Å². The number of non-ortho nitro benzene ring substituents is 1. The van der Waals surface area contributed by atoms with E-state index in [4.69, 9.17) is 4.74 Å². The molecule has 0 amide bonds. The third-order valence-electron chi connectivity index (χ3n) is 2.15. The van der Waals surface area contributed by atoms with Crippen molar-refractivity contribution >= 4 is 28.3 Å². The minimum Gasteiger partial charge on any atom is -0.454 e. The van der Waals surface area contributed by atoms with Gasteiger partial charge in [-0.15, -0.1) is 0 Å². The first-order chi connectivity index (χ1) is 8.56. The zero-order valence-corrected chi connectivity index (χ0v) is 11.1. The van der Waals surface area contributed by atoms with E-state index in [0.29, 0.717) is 5.75 Å². The SMILES string of the molecule is O=[N+]([O-])c1ccc(Oc2cccc(I)c2)c(F)c1. The maximum atomic E-state index is 13.6. The smallest absolute Gasteiger partial charge is 0.272 e. The first-order valence-electron chi connectivity index (χ1n) is 4.93. The lowest BCUT2D eigenvalue weighted by Gasteiger charge is -2.06. The molecule has 0 aliphatic carbocycles. The van der Waals surface area contributed by atoms with Crippen molar-refractivity contribution in [3.05, 3.63) is 62.0 Å². The summed E-state index contributed by atoms with van der Waals surface area (Å²) in [5.74, 6) is -0.319. The molecule has 0 bridgehead atoms. The second kappa shape index (κ2) is 5.30. The lowest BCUT2D eigenvalue weighted by molar-refractivity contribution is -0.385. The summed E-state index contributed by atoms with van der Waals surface area (Å²) < 4.78 is 19.8. The number of nitro groups is 1. The van der Waals surface area contributed by atoms with Crippen LogP contribution in [0.1, 0.15) is 0 Å². The summed E-state index contributed by atoms with van der Waals surface area (Å²) >= 11 is 2.11. The lowest BCUT2D eigenvalue weighted by atomic mass is 10.3. The molecule has 92 valence electrons. The van der Waals surface area contributed by atoms with Crippen molar-refractivity contribution in [1.29, 1.82) is 0 Å². The molecule has 0 aromatic heterocycles. The Labute approximate surface area is 116 Å². The van der Waals surface area contributed by atoms with Gasteiger partial charge in [0.25, 0.3) is 5.69 Å². The molecule has 0 fully saturated rings. The third-order valence-corrected chi connectivity index (χ3v) is 2.82. The van der Waals surface area contributed by atoms with Gasteiger partial charge in [-0.1, -0.05) is 6.07 Å². The van der Waals surface area contributed by atoms with E-state index < -0.39 is 10.7 Å². The fraction of sp³-hybridized carbons (Fsp3) is 0. The van der Waals surface area contributed by atoms with Crippen LogP contribution in [-0.4, -0.2) is 4.92 Å². The molecule has 0 saturated carbocycles. The second-order valence-corrected chi connectivity index (χ2v) is 4.68. The van der Waals surface area contributed by atoms with E-state index in [1.807, 2.05) is 6.07 Å². The van der Waals surface area contributed by atoms with E-state index in [0.717, 1.165) is 9.64 Å². The fourth-order valence-electron chi connectivity index (χ4n) is 1.34. The Morgan fingerprint density at radius 3 is 2.61 bits per heavy atom. The molecule has 18 heavy (non-hydrogen) atoms. The Kier molecular flexibility index (Phi) is 3.75. The molecule has 0 saturated heterocycles. The lowest BCUT2D eigenvalue weighted by Crippen LogP contribution is -1.92. The number of halogens is 2. The van der Waals surface area contributed by atoms with Gasteiger partial charge in [0.1, 0.15) is 5.75 Å². The van der Waals surface area contributed by atoms with Crippen LogP contribution >= 0.6 is 22.6 Å². The van der Waals surface area contributed by atoms with Gasteiger partial charge in [-0.3, -0.25) is 10.1 Å². The van der Waals surface area contributed by atoms with E-state index >= 15 is 0 Å². The Morgan fingerprint density at radius 2 is 2.00 bits per heavy atom. The van der Waals surface area contributed by atoms with Gasteiger partial charge in [0.2, 0.25) is 0 Å². The number of nitrogens with zero attached hydrogens (tertiary/aromatic N) is 1. The first kappa shape index (κ1) is 12.7. The van der Waals surface area contributed by atoms with Gasteiger partial charge >= 0.3 is 0 Å². The molecule has 0 heterocycles.